The van der Waals surface area contributed by atoms with Crippen molar-refractivity contribution in [3.05, 3.63) is 65.2 Å². The number of rotatable bonds is 4. The Labute approximate surface area is 154 Å². The van der Waals surface area contributed by atoms with Crippen LogP contribution < -0.4 is 4.90 Å². The summed E-state index contributed by atoms with van der Waals surface area (Å²) in [6.45, 7) is 0.609. The van der Waals surface area contributed by atoms with E-state index in [2.05, 4.69) is 15.2 Å². The lowest BCUT2D eigenvalue weighted by Crippen LogP contribution is -2.28. The fraction of sp³-hybridized carbons (Fsp3) is 0.211. The van der Waals surface area contributed by atoms with Gasteiger partial charge in [0.2, 0.25) is 5.91 Å². The van der Waals surface area contributed by atoms with E-state index >= 15 is 0 Å². The number of H-pyrrole nitrogens is 1. The molecule has 26 heavy (non-hydrogen) atoms. The van der Waals surface area contributed by atoms with Crippen LogP contribution in [0.5, 0.6) is 0 Å². The van der Waals surface area contributed by atoms with Crippen LogP contribution in [0.4, 0.5) is 10.2 Å². The van der Waals surface area contributed by atoms with Crippen molar-refractivity contribution in [1.29, 1.82) is 0 Å². The van der Waals surface area contributed by atoms with Crippen LogP contribution >= 0.6 is 11.6 Å². The van der Waals surface area contributed by atoms with Gasteiger partial charge in [0, 0.05) is 36.5 Å². The molecule has 0 aliphatic carbocycles. The third-order valence-corrected chi connectivity index (χ3v) is 4.92. The molecule has 1 aliphatic rings. The molecule has 1 aromatic carbocycles. The van der Waals surface area contributed by atoms with Crippen molar-refractivity contribution < 1.29 is 9.18 Å². The van der Waals surface area contributed by atoms with E-state index in [1.807, 2.05) is 18.2 Å². The zero-order chi connectivity index (χ0) is 18.1. The van der Waals surface area contributed by atoms with Gasteiger partial charge in [-0.2, -0.15) is 5.10 Å². The van der Waals surface area contributed by atoms with E-state index in [-0.39, 0.29) is 16.8 Å². The molecule has 1 atom stereocenters. The molecule has 0 radical (unpaired) electrons. The molecule has 1 aliphatic heterocycles. The highest BCUT2D eigenvalue weighted by molar-refractivity contribution is 6.30. The maximum Gasteiger partial charge on any atom is 0.231 e. The minimum Gasteiger partial charge on any atom is -0.297 e. The Morgan fingerprint density at radius 2 is 2.04 bits per heavy atom. The first-order chi connectivity index (χ1) is 12.6. The van der Waals surface area contributed by atoms with Gasteiger partial charge in [-0.25, -0.2) is 4.39 Å². The number of hydrogen-bond acceptors (Lipinski definition) is 3. The molecule has 0 unspecified atom stereocenters. The highest BCUT2D eigenvalue weighted by Crippen LogP contribution is 2.29. The molecule has 3 heterocycles. The summed E-state index contributed by atoms with van der Waals surface area (Å²) in [5.74, 6) is 0.0576. The van der Waals surface area contributed by atoms with Crippen molar-refractivity contribution >= 4 is 23.3 Å². The maximum atomic E-state index is 13.6. The van der Waals surface area contributed by atoms with Gasteiger partial charge >= 0.3 is 0 Å². The molecule has 4 rings (SSSR count). The van der Waals surface area contributed by atoms with Gasteiger partial charge in [0.05, 0.1) is 10.7 Å². The topological polar surface area (TPSA) is 61.9 Å². The Bertz CT molecular complexity index is 944. The van der Waals surface area contributed by atoms with Gasteiger partial charge in [-0.3, -0.25) is 19.8 Å². The quantitative estimate of drug-likeness (QED) is 0.758. The molecule has 1 fully saturated rings. The van der Waals surface area contributed by atoms with Gasteiger partial charge in [0.25, 0.3) is 0 Å². The number of carbonyl (C=O) groups is 1. The average molecular weight is 371 g/mol. The second kappa shape index (κ2) is 6.88. The summed E-state index contributed by atoms with van der Waals surface area (Å²) in [5.41, 5.74) is 2.47. The van der Waals surface area contributed by atoms with Gasteiger partial charge in [0.1, 0.15) is 11.6 Å². The first-order valence-electron chi connectivity index (χ1n) is 8.33. The second-order valence-corrected chi connectivity index (χ2v) is 6.71. The van der Waals surface area contributed by atoms with E-state index in [9.17, 15) is 9.18 Å². The molecule has 3 aromatic rings. The van der Waals surface area contributed by atoms with E-state index in [1.165, 1.54) is 12.1 Å². The van der Waals surface area contributed by atoms with Gasteiger partial charge < -0.3 is 0 Å². The smallest absolute Gasteiger partial charge is 0.231 e. The number of aromatic nitrogens is 3. The molecule has 1 amide bonds. The van der Waals surface area contributed by atoms with Crippen molar-refractivity contribution in [1.82, 2.24) is 15.2 Å². The van der Waals surface area contributed by atoms with Gasteiger partial charge in [-0.15, -0.1) is 0 Å². The minimum atomic E-state index is -0.456. The molecular weight excluding hydrogens is 355 g/mol. The molecule has 0 saturated carbocycles. The summed E-state index contributed by atoms with van der Waals surface area (Å²) in [7, 11) is 0. The number of hydrogen-bond donors (Lipinski definition) is 1. The summed E-state index contributed by atoms with van der Waals surface area (Å²) >= 11 is 5.72. The molecule has 0 bridgehead atoms. The van der Waals surface area contributed by atoms with Crippen LogP contribution in [0.15, 0.2) is 48.8 Å². The lowest BCUT2D eigenvalue weighted by molar-refractivity contribution is -0.120. The SMILES string of the molecule is O=C1[C@@H](Cc2ccc(Cl)c(F)c2)CCN1c1cc(-c2ccncc2)n[nH]1. The Hall–Kier alpha value is -2.73. The minimum absolute atomic E-state index is 0.0188. The predicted octanol–water partition coefficient (Wildman–Crippen LogP) is 3.86. The van der Waals surface area contributed by atoms with Gasteiger partial charge in [-0.1, -0.05) is 17.7 Å². The second-order valence-electron chi connectivity index (χ2n) is 6.30. The van der Waals surface area contributed by atoms with Crippen molar-refractivity contribution in [2.75, 3.05) is 11.4 Å². The number of amides is 1. The number of benzene rings is 1. The van der Waals surface area contributed by atoms with Crippen LogP contribution in [-0.2, 0) is 11.2 Å². The number of aromatic amines is 1. The predicted molar refractivity (Wildman–Crippen MR) is 97.4 cm³/mol. The summed E-state index contributed by atoms with van der Waals surface area (Å²) in [6.07, 6.45) is 4.61. The number of nitrogens with zero attached hydrogens (tertiary/aromatic N) is 3. The van der Waals surface area contributed by atoms with Gasteiger partial charge in [0.15, 0.2) is 0 Å². The summed E-state index contributed by atoms with van der Waals surface area (Å²) < 4.78 is 13.6. The molecule has 132 valence electrons. The lowest BCUT2D eigenvalue weighted by atomic mass is 9.98. The average Bonchev–Trinajstić information content (AvgIpc) is 3.27. The number of anilines is 1. The molecule has 1 saturated heterocycles. The Kier molecular flexibility index (Phi) is 4.42. The Balaban J connectivity index is 1.49. The Morgan fingerprint density at radius 3 is 2.81 bits per heavy atom. The number of nitrogens with one attached hydrogen (secondary N) is 1. The van der Waals surface area contributed by atoms with E-state index in [1.54, 1.807) is 23.4 Å². The summed E-state index contributed by atoms with van der Waals surface area (Å²) in [4.78, 5) is 18.5. The van der Waals surface area contributed by atoms with Crippen LogP contribution in [0.2, 0.25) is 5.02 Å². The standard InChI is InChI=1S/C19H16ClFN4O/c20-15-2-1-12(10-16(15)21)9-14-5-8-25(19(14)26)18-11-17(23-24-18)13-3-6-22-7-4-13/h1-4,6-7,10-11,14H,5,8-9H2,(H,23,24)/t14-/m1/s1. The van der Waals surface area contributed by atoms with Crippen molar-refractivity contribution in [3.8, 4) is 11.3 Å². The van der Waals surface area contributed by atoms with Crippen molar-refractivity contribution in [2.24, 2.45) is 5.92 Å². The highest BCUT2D eigenvalue weighted by Gasteiger charge is 2.33. The number of pyridine rings is 1. The molecule has 5 nitrogen and oxygen atoms in total. The zero-order valence-electron chi connectivity index (χ0n) is 13.8. The molecule has 1 N–H and O–H groups in total. The number of halogens is 2. The molecule has 2 aromatic heterocycles. The molecular formula is C19H16ClFN4O. The van der Waals surface area contributed by atoms with Crippen LogP contribution in [0.3, 0.4) is 0 Å². The fourth-order valence-corrected chi connectivity index (χ4v) is 3.36. The van der Waals surface area contributed by atoms with E-state index in [0.29, 0.717) is 25.2 Å². The van der Waals surface area contributed by atoms with Crippen LogP contribution in [0, 0.1) is 11.7 Å². The van der Waals surface area contributed by atoms with Crippen molar-refractivity contribution in [2.45, 2.75) is 12.8 Å². The Morgan fingerprint density at radius 1 is 1.23 bits per heavy atom. The fourth-order valence-electron chi connectivity index (χ4n) is 3.24. The van der Waals surface area contributed by atoms with Gasteiger partial charge in [-0.05, 0) is 42.7 Å². The highest BCUT2D eigenvalue weighted by atomic mass is 35.5. The molecule has 7 heteroatoms. The molecule has 0 spiro atoms. The van der Waals surface area contributed by atoms with Crippen molar-refractivity contribution in [3.63, 3.8) is 0 Å². The summed E-state index contributed by atoms with van der Waals surface area (Å²) in [5, 5.41) is 7.31. The number of carbonyl (C=O) groups excluding carboxylic acids is 1. The normalized spacial score (nSPS) is 17.1. The van der Waals surface area contributed by atoms with E-state index < -0.39 is 5.82 Å². The van der Waals surface area contributed by atoms with Crippen LogP contribution in [-0.4, -0.2) is 27.6 Å². The first kappa shape index (κ1) is 16.7. The zero-order valence-corrected chi connectivity index (χ0v) is 14.6. The van der Waals surface area contributed by atoms with Crippen LogP contribution in [0.1, 0.15) is 12.0 Å². The summed E-state index contributed by atoms with van der Waals surface area (Å²) in [6, 6.07) is 10.3. The first-order valence-corrected chi connectivity index (χ1v) is 8.71. The third-order valence-electron chi connectivity index (χ3n) is 4.61. The third kappa shape index (κ3) is 3.20. The van der Waals surface area contributed by atoms with Crippen LogP contribution in [0.25, 0.3) is 11.3 Å². The largest absolute Gasteiger partial charge is 0.297 e. The lowest BCUT2D eigenvalue weighted by Gasteiger charge is -2.14. The van der Waals surface area contributed by atoms with E-state index in [0.717, 1.165) is 16.8 Å². The monoisotopic (exact) mass is 370 g/mol. The maximum absolute atomic E-state index is 13.6. The van der Waals surface area contributed by atoms with E-state index in [4.69, 9.17) is 11.6 Å².